The highest BCUT2D eigenvalue weighted by Crippen LogP contribution is 2.05. The molecule has 16 heavy (non-hydrogen) atoms. The fraction of sp³-hybridized carbons (Fsp3) is 0.600. The van der Waals surface area contributed by atoms with E-state index in [1.165, 1.54) is 14.6 Å². The summed E-state index contributed by atoms with van der Waals surface area (Å²) in [6.07, 6.45) is 0. The SMILES string of the molecule is CN(/N=N/c1nnn(C)n1)c1nnn(C)n1. The number of anilines is 1. The second-order valence-corrected chi connectivity index (χ2v) is 2.87. The lowest BCUT2D eigenvalue weighted by molar-refractivity contribution is 0.629. The summed E-state index contributed by atoms with van der Waals surface area (Å²) < 4.78 is 0. The zero-order chi connectivity index (χ0) is 11.5. The van der Waals surface area contributed by atoms with Crippen LogP contribution in [0.15, 0.2) is 10.3 Å². The number of nitrogens with zero attached hydrogens (tertiary/aromatic N) is 11. The molecule has 0 radical (unpaired) electrons. The monoisotopic (exact) mass is 223 g/mol. The van der Waals surface area contributed by atoms with Gasteiger partial charge in [0.2, 0.25) is 0 Å². The Morgan fingerprint density at radius 1 is 1.06 bits per heavy atom. The highest BCUT2D eigenvalue weighted by molar-refractivity contribution is 5.21. The van der Waals surface area contributed by atoms with E-state index in [0.717, 1.165) is 0 Å². The van der Waals surface area contributed by atoms with E-state index >= 15 is 0 Å². The minimum Gasteiger partial charge on any atom is -0.213 e. The maximum atomic E-state index is 3.93. The van der Waals surface area contributed by atoms with Gasteiger partial charge in [0.15, 0.2) is 0 Å². The Morgan fingerprint density at radius 3 is 2.31 bits per heavy atom. The molecule has 0 spiro atoms. The van der Waals surface area contributed by atoms with Crippen molar-refractivity contribution in [2.45, 2.75) is 0 Å². The molecule has 0 unspecified atom stereocenters. The van der Waals surface area contributed by atoms with Gasteiger partial charge >= 0.3 is 5.95 Å². The third kappa shape index (κ3) is 2.13. The minimum atomic E-state index is 0.165. The van der Waals surface area contributed by atoms with Crippen molar-refractivity contribution in [3.63, 3.8) is 0 Å². The molecular formula is C5H9N11. The number of aromatic nitrogens is 8. The largest absolute Gasteiger partial charge is 0.309 e. The lowest BCUT2D eigenvalue weighted by Crippen LogP contribution is -2.09. The van der Waals surface area contributed by atoms with Gasteiger partial charge in [-0.1, -0.05) is 20.5 Å². The number of tetrazole rings is 2. The van der Waals surface area contributed by atoms with Crippen LogP contribution in [0.4, 0.5) is 11.9 Å². The fourth-order valence-corrected chi connectivity index (χ4v) is 0.865. The Morgan fingerprint density at radius 2 is 1.75 bits per heavy atom. The predicted octanol–water partition coefficient (Wildman–Crippen LogP) is -1.13. The van der Waals surface area contributed by atoms with Gasteiger partial charge in [-0.15, -0.1) is 10.2 Å². The summed E-state index contributed by atoms with van der Waals surface area (Å²) in [5.41, 5.74) is 0. The van der Waals surface area contributed by atoms with Gasteiger partial charge in [0.05, 0.1) is 14.1 Å². The van der Waals surface area contributed by atoms with Crippen LogP contribution < -0.4 is 5.01 Å². The van der Waals surface area contributed by atoms with E-state index < -0.39 is 0 Å². The molecule has 2 heterocycles. The molecule has 0 atom stereocenters. The van der Waals surface area contributed by atoms with Crippen LogP contribution in [-0.2, 0) is 14.1 Å². The van der Waals surface area contributed by atoms with Crippen molar-refractivity contribution in [2.75, 3.05) is 12.1 Å². The Balaban J connectivity index is 2.07. The summed E-state index contributed by atoms with van der Waals surface area (Å²) in [5.74, 6) is 0.494. The average Bonchev–Trinajstić information content (AvgIpc) is 2.84. The third-order valence-electron chi connectivity index (χ3n) is 1.55. The van der Waals surface area contributed by atoms with Crippen LogP contribution in [0, 0.1) is 0 Å². The van der Waals surface area contributed by atoms with Crippen molar-refractivity contribution >= 4 is 11.9 Å². The molecule has 84 valence electrons. The van der Waals surface area contributed by atoms with E-state index in [1.54, 1.807) is 21.1 Å². The number of hydrogen-bond acceptors (Lipinski definition) is 8. The highest BCUT2D eigenvalue weighted by atomic mass is 15.7. The summed E-state index contributed by atoms with van der Waals surface area (Å²) in [5, 5.41) is 31.3. The second kappa shape index (κ2) is 3.96. The molecule has 2 aromatic heterocycles. The van der Waals surface area contributed by atoms with Crippen molar-refractivity contribution in [1.82, 2.24) is 40.4 Å². The third-order valence-corrected chi connectivity index (χ3v) is 1.55. The van der Waals surface area contributed by atoms with Gasteiger partial charge in [-0.3, -0.25) is 0 Å². The summed E-state index contributed by atoms with van der Waals surface area (Å²) in [4.78, 5) is 2.61. The molecule has 0 aliphatic heterocycles. The van der Waals surface area contributed by atoms with Crippen LogP contribution in [0.1, 0.15) is 0 Å². The van der Waals surface area contributed by atoms with Gasteiger partial charge < -0.3 is 0 Å². The standard InChI is InChI=1S/C5H9N11/c1-14(5-8-13-16(3)10-5)11-6-4-7-12-15(2)9-4/h1-3H3/b11-6+. The minimum absolute atomic E-state index is 0.165. The van der Waals surface area contributed by atoms with Crippen molar-refractivity contribution in [1.29, 1.82) is 0 Å². The van der Waals surface area contributed by atoms with Crippen LogP contribution in [-0.4, -0.2) is 47.5 Å². The lowest BCUT2D eigenvalue weighted by atomic mass is 11.0. The van der Waals surface area contributed by atoms with Crippen molar-refractivity contribution in [2.24, 2.45) is 24.4 Å². The van der Waals surface area contributed by atoms with Crippen LogP contribution in [0.2, 0.25) is 0 Å². The maximum absolute atomic E-state index is 3.93. The smallest absolute Gasteiger partial charge is 0.213 e. The second-order valence-electron chi connectivity index (χ2n) is 2.87. The van der Waals surface area contributed by atoms with Crippen LogP contribution in [0.25, 0.3) is 0 Å². The van der Waals surface area contributed by atoms with E-state index in [4.69, 9.17) is 0 Å². The van der Waals surface area contributed by atoms with Gasteiger partial charge in [0.1, 0.15) is 0 Å². The Bertz CT molecular complexity index is 494. The maximum Gasteiger partial charge on any atom is 0.309 e. The van der Waals surface area contributed by atoms with E-state index in [-0.39, 0.29) is 5.95 Å². The van der Waals surface area contributed by atoms with Gasteiger partial charge in [0, 0.05) is 7.05 Å². The molecule has 0 aliphatic rings. The lowest BCUT2D eigenvalue weighted by Gasteiger charge is -2.02. The predicted molar refractivity (Wildman–Crippen MR) is 50.5 cm³/mol. The van der Waals surface area contributed by atoms with E-state index in [9.17, 15) is 0 Å². The molecule has 0 aliphatic carbocycles. The molecule has 2 aromatic rings. The molecule has 0 saturated carbocycles. The first-order chi connectivity index (χ1) is 7.65. The van der Waals surface area contributed by atoms with E-state index in [0.29, 0.717) is 5.95 Å². The molecule has 0 aromatic carbocycles. The average molecular weight is 223 g/mol. The van der Waals surface area contributed by atoms with Gasteiger partial charge in [0.25, 0.3) is 5.95 Å². The van der Waals surface area contributed by atoms with Gasteiger partial charge in [-0.05, 0) is 10.4 Å². The zero-order valence-electron chi connectivity index (χ0n) is 8.92. The summed E-state index contributed by atoms with van der Waals surface area (Å²) >= 11 is 0. The first-order valence-corrected chi connectivity index (χ1v) is 4.28. The van der Waals surface area contributed by atoms with E-state index in [2.05, 4.69) is 41.2 Å². The fourth-order valence-electron chi connectivity index (χ4n) is 0.865. The first-order valence-electron chi connectivity index (χ1n) is 4.28. The quantitative estimate of drug-likeness (QED) is 0.477. The number of rotatable bonds is 3. The van der Waals surface area contributed by atoms with Crippen molar-refractivity contribution < 1.29 is 0 Å². The Hall–Kier alpha value is -2.46. The first kappa shape index (κ1) is 10.1. The van der Waals surface area contributed by atoms with Crippen molar-refractivity contribution in [3.8, 4) is 0 Å². The molecule has 11 heteroatoms. The molecule has 0 fully saturated rings. The van der Waals surface area contributed by atoms with Gasteiger partial charge in [-0.25, -0.2) is 5.01 Å². The topological polar surface area (TPSA) is 115 Å². The molecular weight excluding hydrogens is 214 g/mol. The Kier molecular flexibility index (Phi) is 2.49. The Labute approximate surface area is 89.7 Å². The number of hydrogen-bond donors (Lipinski definition) is 0. The number of aryl methyl sites for hydroxylation is 2. The molecule has 11 nitrogen and oxygen atoms in total. The zero-order valence-corrected chi connectivity index (χ0v) is 8.92. The molecule has 0 saturated heterocycles. The molecule has 0 bridgehead atoms. The van der Waals surface area contributed by atoms with Crippen LogP contribution in [0.3, 0.4) is 0 Å². The van der Waals surface area contributed by atoms with E-state index in [1.807, 2.05) is 0 Å². The van der Waals surface area contributed by atoms with Crippen LogP contribution in [0.5, 0.6) is 0 Å². The van der Waals surface area contributed by atoms with Crippen molar-refractivity contribution in [3.05, 3.63) is 0 Å². The normalized spacial score (nSPS) is 11.2. The summed E-state index contributed by atoms with van der Waals surface area (Å²) in [6.45, 7) is 0. The summed E-state index contributed by atoms with van der Waals surface area (Å²) in [6, 6.07) is 0. The molecule has 2 rings (SSSR count). The molecule has 0 amide bonds. The summed E-state index contributed by atoms with van der Waals surface area (Å²) in [7, 11) is 4.93. The molecule has 0 N–H and O–H groups in total. The highest BCUT2D eigenvalue weighted by Gasteiger charge is 2.05. The van der Waals surface area contributed by atoms with Crippen LogP contribution >= 0.6 is 0 Å². The van der Waals surface area contributed by atoms with Gasteiger partial charge in [-0.2, -0.15) is 9.59 Å².